The highest BCUT2D eigenvalue weighted by molar-refractivity contribution is 5.95. The molecule has 2 saturated carbocycles. The molecule has 8 atom stereocenters. The van der Waals surface area contributed by atoms with E-state index in [1.807, 2.05) is 13.8 Å². The predicted molar refractivity (Wildman–Crippen MR) is 123 cm³/mol. The van der Waals surface area contributed by atoms with Gasteiger partial charge in [-0.25, -0.2) is 9.18 Å². The maximum atomic E-state index is 15.5. The maximum Gasteiger partial charge on any atom is 0.331 e. The van der Waals surface area contributed by atoms with Crippen LogP contribution in [0.5, 0.6) is 0 Å². The van der Waals surface area contributed by atoms with Crippen LogP contribution in [-0.4, -0.2) is 46.9 Å². The van der Waals surface area contributed by atoms with E-state index in [0.29, 0.717) is 12.0 Å². The van der Waals surface area contributed by atoms with Crippen molar-refractivity contribution in [3.8, 4) is 0 Å². The molecule has 0 aromatic rings. The molecule has 2 fully saturated rings. The van der Waals surface area contributed by atoms with Crippen LogP contribution in [0.3, 0.4) is 0 Å². The average molecular weight is 489 g/mol. The average Bonchev–Trinajstić information content (AvgIpc) is 3.00. The van der Waals surface area contributed by atoms with Crippen molar-refractivity contribution in [1.82, 2.24) is 0 Å². The van der Waals surface area contributed by atoms with E-state index in [-0.39, 0.29) is 48.6 Å². The Balaban J connectivity index is 1.82. The van der Waals surface area contributed by atoms with E-state index in [4.69, 9.17) is 9.47 Å². The molecule has 0 aromatic heterocycles. The molecule has 0 aliphatic heterocycles. The van der Waals surface area contributed by atoms with Crippen LogP contribution in [0.2, 0.25) is 0 Å². The van der Waals surface area contributed by atoms with Gasteiger partial charge in [-0.1, -0.05) is 33.4 Å². The second-order valence-electron chi connectivity index (χ2n) is 11.0. The third-order valence-corrected chi connectivity index (χ3v) is 9.29. The number of halogens is 1. The summed E-state index contributed by atoms with van der Waals surface area (Å²) in [7, 11) is 0. The Labute approximate surface area is 204 Å². The molecular weight excluding hydrogens is 455 g/mol. The summed E-state index contributed by atoms with van der Waals surface area (Å²) in [5.74, 6) is -3.94. The molecule has 0 amide bonds. The van der Waals surface area contributed by atoms with Gasteiger partial charge in [-0.15, -0.1) is 0 Å². The van der Waals surface area contributed by atoms with Crippen molar-refractivity contribution in [2.45, 2.75) is 65.1 Å². The molecule has 0 radical (unpaired) electrons. The van der Waals surface area contributed by atoms with E-state index < -0.39 is 52.8 Å². The number of fused-ring (bicyclic) bond motifs is 5. The SMILES string of the molecule is C=CC(=O)O[C@]1(C(=O)COC(C)=O)[C@H](C)CC2C3CC(F)=C4CC(=O)C=C[C@]4(C)C3[C@@H](O)C[C@@]21C. The fraction of sp³-hybridized carbons (Fsp3) is 0.630. The van der Waals surface area contributed by atoms with Crippen LogP contribution in [0.15, 0.2) is 36.2 Å². The Morgan fingerprint density at radius 1 is 1.31 bits per heavy atom. The molecule has 7 nitrogen and oxygen atoms in total. The summed E-state index contributed by atoms with van der Waals surface area (Å²) in [4.78, 5) is 49.6. The largest absolute Gasteiger partial charge is 0.458 e. The molecule has 0 bridgehead atoms. The van der Waals surface area contributed by atoms with Gasteiger partial charge < -0.3 is 14.6 Å². The summed E-state index contributed by atoms with van der Waals surface area (Å²) < 4.78 is 26.4. The van der Waals surface area contributed by atoms with Crippen LogP contribution in [0.4, 0.5) is 4.39 Å². The van der Waals surface area contributed by atoms with E-state index in [1.165, 1.54) is 13.0 Å². The van der Waals surface area contributed by atoms with Crippen LogP contribution in [0.25, 0.3) is 0 Å². The van der Waals surface area contributed by atoms with E-state index in [2.05, 4.69) is 6.58 Å². The molecule has 4 aliphatic rings. The Hall–Kier alpha value is -2.61. The molecule has 190 valence electrons. The first-order valence-electron chi connectivity index (χ1n) is 12.1. The lowest BCUT2D eigenvalue weighted by Gasteiger charge is -2.59. The van der Waals surface area contributed by atoms with Crippen molar-refractivity contribution in [3.05, 3.63) is 36.2 Å². The second-order valence-corrected chi connectivity index (χ2v) is 11.0. The first-order valence-corrected chi connectivity index (χ1v) is 12.1. The van der Waals surface area contributed by atoms with Gasteiger partial charge in [0.15, 0.2) is 18.0 Å². The lowest BCUT2D eigenvalue weighted by molar-refractivity contribution is -0.202. The Morgan fingerprint density at radius 3 is 2.63 bits per heavy atom. The molecule has 4 rings (SSSR count). The summed E-state index contributed by atoms with van der Waals surface area (Å²) >= 11 is 0. The van der Waals surface area contributed by atoms with Gasteiger partial charge in [0.05, 0.1) is 6.10 Å². The normalized spacial score (nSPS) is 42.0. The Morgan fingerprint density at radius 2 is 2.00 bits per heavy atom. The summed E-state index contributed by atoms with van der Waals surface area (Å²) in [5, 5.41) is 11.6. The fourth-order valence-corrected chi connectivity index (χ4v) is 7.97. The highest BCUT2D eigenvalue weighted by Crippen LogP contribution is 2.69. The van der Waals surface area contributed by atoms with Gasteiger partial charge in [-0.05, 0) is 36.3 Å². The van der Waals surface area contributed by atoms with Gasteiger partial charge in [0.2, 0.25) is 5.78 Å². The van der Waals surface area contributed by atoms with E-state index in [9.17, 15) is 24.3 Å². The molecule has 3 unspecified atom stereocenters. The van der Waals surface area contributed by atoms with Crippen molar-refractivity contribution in [2.24, 2.45) is 34.5 Å². The first-order chi connectivity index (χ1) is 16.3. The number of hydrogen-bond acceptors (Lipinski definition) is 7. The lowest BCUT2D eigenvalue weighted by atomic mass is 9.46. The van der Waals surface area contributed by atoms with Gasteiger partial charge in [-0.3, -0.25) is 14.4 Å². The van der Waals surface area contributed by atoms with Gasteiger partial charge in [0.1, 0.15) is 5.83 Å². The standard InChI is InChI=1S/C27H33FO7/c1-6-23(33)35-27(22(32)13-34-15(3)29)14(2)9-18-17-11-20(28)19-10-16(30)7-8-25(19,4)24(17)21(31)12-26(18,27)5/h6-8,14,17-18,21,24,31H,1,9-13H2,2-5H3/t14-,17?,18?,21+,24?,25+,26+,27+/m1/s1. The van der Waals surface area contributed by atoms with Gasteiger partial charge in [-0.2, -0.15) is 0 Å². The summed E-state index contributed by atoms with van der Waals surface area (Å²) in [6.45, 7) is 9.54. The third kappa shape index (κ3) is 3.55. The number of aliphatic hydroxyl groups is 1. The van der Waals surface area contributed by atoms with Crippen LogP contribution < -0.4 is 0 Å². The number of rotatable bonds is 5. The Kier molecular flexibility index (Phi) is 6.19. The molecule has 0 aromatic carbocycles. The molecular formula is C27H33FO7. The van der Waals surface area contributed by atoms with E-state index in [1.54, 1.807) is 13.0 Å². The molecule has 0 spiro atoms. The number of hydrogen-bond donors (Lipinski definition) is 1. The van der Waals surface area contributed by atoms with Crippen molar-refractivity contribution in [2.75, 3.05) is 6.61 Å². The lowest BCUT2D eigenvalue weighted by Crippen LogP contribution is -2.64. The highest BCUT2D eigenvalue weighted by Gasteiger charge is 2.73. The van der Waals surface area contributed by atoms with Crippen molar-refractivity contribution < 1.29 is 38.1 Å². The summed E-state index contributed by atoms with van der Waals surface area (Å²) in [6, 6.07) is 0. The molecule has 35 heavy (non-hydrogen) atoms. The number of aliphatic hydroxyl groups excluding tert-OH is 1. The molecule has 0 saturated heterocycles. The monoisotopic (exact) mass is 488 g/mol. The number of ketones is 2. The van der Waals surface area contributed by atoms with Gasteiger partial charge in [0.25, 0.3) is 0 Å². The smallest absolute Gasteiger partial charge is 0.331 e. The predicted octanol–water partition coefficient (Wildman–Crippen LogP) is 3.41. The summed E-state index contributed by atoms with van der Waals surface area (Å²) in [5.41, 5.74) is -3.11. The van der Waals surface area contributed by atoms with Crippen molar-refractivity contribution in [1.29, 1.82) is 0 Å². The number of allylic oxidation sites excluding steroid dienone is 4. The minimum atomic E-state index is -1.68. The molecule has 0 heterocycles. The zero-order valence-electron chi connectivity index (χ0n) is 20.6. The third-order valence-electron chi connectivity index (χ3n) is 9.29. The maximum absolute atomic E-state index is 15.5. The number of ether oxygens (including phenoxy) is 2. The zero-order chi connectivity index (χ0) is 25.9. The quantitative estimate of drug-likeness (QED) is 0.467. The highest BCUT2D eigenvalue weighted by atomic mass is 19.1. The first kappa shape index (κ1) is 25.5. The topological polar surface area (TPSA) is 107 Å². The molecule has 8 heteroatoms. The van der Waals surface area contributed by atoms with Crippen molar-refractivity contribution in [3.63, 3.8) is 0 Å². The number of carbonyl (C=O) groups is 4. The zero-order valence-corrected chi connectivity index (χ0v) is 20.6. The minimum Gasteiger partial charge on any atom is -0.458 e. The fourth-order valence-electron chi connectivity index (χ4n) is 7.97. The van der Waals surface area contributed by atoms with Crippen LogP contribution >= 0.6 is 0 Å². The van der Waals surface area contributed by atoms with Crippen LogP contribution in [0, 0.1) is 34.5 Å². The van der Waals surface area contributed by atoms with Gasteiger partial charge >= 0.3 is 11.9 Å². The van der Waals surface area contributed by atoms with E-state index >= 15 is 4.39 Å². The minimum absolute atomic E-state index is 0.00509. The van der Waals surface area contributed by atoms with Gasteiger partial charge in [0, 0.05) is 48.5 Å². The van der Waals surface area contributed by atoms with Crippen molar-refractivity contribution >= 4 is 23.5 Å². The van der Waals surface area contributed by atoms with E-state index in [0.717, 1.165) is 6.08 Å². The number of Topliss-reactive ketones (excluding diaryl/α,β-unsaturated/α-hetero) is 1. The Bertz CT molecular complexity index is 1060. The molecule has 4 aliphatic carbocycles. The van der Waals surface area contributed by atoms with Crippen LogP contribution in [-0.2, 0) is 28.7 Å². The molecule has 1 N–H and O–H groups in total. The number of carbonyl (C=O) groups excluding carboxylic acids is 4. The van der Waals surface area contributed by atoms with Crippen LogP contribution in [0.1, 0.15) is 53.4 Å². The second kappa shape index (κ2) is 8.50. The number of esters is 2. The summed E-state index contributed by atoms with van der Waals surface area (Å²) in [6.07, 6.45) is 3.85.